The molecule has 0 saturated carbocycles. The molecule has 1 unspecified atom stereocenters. The number of aryl methyl sites for hydroxylation is 1. The lowest BCUT2D eigenvalue weighted by Crippen LogP contribution is -2.34. The standard InChI is InChI=1S/C29H36N5O2PS/c1-5-24(18-33(4)29-31-26(20-38-29)22-7-10-25(37)11-8-22)30-27-12-9-23(17-32(27)3)21-13-15-34(16-14-21)19-28(35)36-6-2/h7-13,17-18,20H,5-6,14-16,19,37H2,1-4H3/b24-18+,30-27?. The molecule has 2 aromatic heterocycles. The van der Waals surface area contributed by atoms with Crippen LogP contribution < -0.4 is 15.7 Å². The van der Waals surface area contributed by atoms with Gasteiger partial charge in [-0.1, -0.05) is 37.3 Å². The molecule has 0 aliphatic carbocycles. The number of benzene rings is 1. The van der Waals surface area contributed by atoms with Crippen LogP contribution >= 0.6 is 20.6 Å². The van der Waals surface area contributed by atoms with Crippen molar-refractivity contribution in [3.63, 3.8) is 0 Å². The van der Waals surface area contributed by atoms with Gasteiger partial charge in [-0.3, -0.25) is 9.69 Å². The number of hydrogen-bond donors (Lipinski definition) is 0. The fraction of sp³-hybridized carbons (Fsp3) is 0.345. The van der Waals surface area contributed by atoms with Crippen molar-refractivity contribution < 1.29 is 9.53 Å². The molecule has 4 rings (SSSR count). The third-order valence-electron chi connectivity index (χ3n) is 6.39. The fourth-order valence-electron chi connectivity index (χ4n) is 4.25. The zero-order chi connectivity index (χ0) is 27.1. The predicted molar refractivity (Wildman–Crippen MR) is 160 cm³/mol. The molecule has 1 aliphatic rings. The molecule has 0 spiro atoms. The minimum Gasteiger partial charge on any atom is -0.465 e. The van der Waals surface area contributed by atoms with Gasteiger partial charge in [-0.05, 0) is 48.3 Å². The number of hydrogen-bond acceptors (Lipinski definition) is 7. The Bertz CT molecular complexity index is 1390. The number of rotatable bonds is 9. The lowest BCUT2D eigenvalue weighted by molar-refractivity contribution is -0.144. The van der Waals surface area contributed by atoms with Gasteiger partial charge in [0.2, 0.25) is 0 Å². The quantitative estimate of drug-likeness (QED) is 0.289. The van der Waals surface area contributed by atoms with Gasteiger partial charge in [-0.15, -0.1) is 20.6 Å². The highest BCUT2D eigenvalue weighted by Gasteiger charge is 2.16. The van der Waals surface area contributed by atoms with E-state index >= 15 is 0 Å². The normalized spacial score (nSPS) is 14.9. The Balaban J connectivity index is 1.46. The summed E-state index contributed by atoms with van der Waals surface area (Å²) in [5, 5.41) is 4.18. The first-order chi connectivity index (χ1) is 18.4. The zero-order valence-corrected chi connectivity index (χ0v) is 24.5. The fourth-order valence-corrected chi connectivity index (χ4v) is 5.22. The van der Waals surface area contributed by atoms with Gasteiger partial charge in [0, 0.05) is 50.5 Å². The first-order valence-corrected chi connectivity index (χ1v) is 14.4. The number of allylic oxidation sites excluding steroid dienone is 1. The Hall–Kier alpha value is -3.06. The third kappa shape index (κ3) is 7.28. The summed E-state index contributed by atoms with van der Waals surface area (Å²) >= 11 is 1.62. The van der Waals surface area contributed by atoms with Crippen molar-refractivity contribution in [1.82, 2.24) is 14.5 Å². The van der Waals surface area contributed by atoms with Crippen molar-refractivity contribution in [2.24, 2.45) is 12.0 Å². The van der Waals surface area contributed by atoms with Gasteiger partial charge in [-0.25, -0.2) is 9.98 Å². The maximum absolute atomic E-state index is 11.8. The summed E-state index contributed by atoms with van der Waals surface area (Å²) in [4.78, 5) is 25.7. The van der Waals surface area contributed by atoms with E-state index in [1.165, 1.54) is 11.1 Å². The van der Waals surface area contributed by atoms with Crippen LogP contribution in [-0.2, 0) is 16.6 Å². The van der Waals surface area contributed by atoms with Crippen molar-refractivity contribution in [1.29, 1.82) is 0 Å². The SMILES string of the molecule is CCOC(=O)CN1CC=C(c2ccc(=N/C(=C/N(C)c3nc(-c4ccc(P)cc4)cs3)CC)n(C)c2)CC1. The van der Waals surface area contributed by atoms with Gasteiger partial charge in [0.05, 0.1) is 24.5 Å². The van der Waals surface area contributed by atoms with Crippen LogP contribution in [0, 0.1) is 0 Å². The number of aromatic nitrogens is 2. The van der Waals surface area contributed by atoms with E-state index in [1.54, 1.807) is 11.3 Å². The van der Waals surface area contributed by atoms with Crippen LogP contribution in [0.3, 0.4) is 0 Å². The highest BCUT2D eigenvalue weighted by atomic mass is 32.1. The summed E-state index contributed by atoms with van der Waals surface area (Å²) < 4.78 is 7.14. The number of nitrogens with zero attached hydrogens (tertiary/aromatic N) is 5. The average Bonchev–Trinajstić information content (AvgIpc) is 3.41. The van der Waals surface area contributed by atoms with Gasteiger partial charge in [0.15, 0.2) is 5.13 Å². The van der Waals surface area contributed by atoms with Crippen LogP contribution in [0.5, 0.6) is 0 Å². The molecular weight excluding hydrogens is 513 g/mol. The molecular formula is C29H36N5O2PS. The van der Waals surface area contributed by atoms with Crippen LogP contribution in [0.25, 0.3) is 16.8 Å². The molecule has 0 fully saturated rings. The number of pyridine rings is 1. The number of carbonyl (C=O) groups excluding carboxylic acids is 1. The summed E-state index contributed by atoms with van der Waals surface area (Å²) in [6.45, 7) is 6.31. The predicted octanol–water partition coefficient (Wildman–Crippen LogP) is 4.59. The average molecular weight is 550 g/mol. The van der Waals surface area contributed by atoms with Gasteiger partial charge >= 0.3 is 5.97 Å². The van der Waals surface area contributed by atoms with Crippen molar-refractivity contribution >= 4 is 42.6 Å². The number of esters is 1. The Morgan fingerprint density at radius 3 is 2.63 bits per heavy atom. The molecule has 0 bridgehead atoms. The Morgan fingerprint density at radius 2 is 1.97 bits per heavy atom. The maximum atomic E-state index is 11.8. The zero-order valence-electron chi connectivity index (χ0n) is 22.6. The van der Waals surface area contributed by atoms with Crippen LogP contribution in [0.4, 0.5) is 5.13 Å². The second kappa shape index (κ2) is 13.1. The van der Waals surface area contributed by atoms with E-state index in [2.05, 4.69) is 85.9 Å². The van der Waals surface area contributed by atoms with Crippen molar-refractivity contribution in [2.45, 2.75) is 26.7 Å². The lowest BCUT2D eigenvalue weighted by atomic mass is 10.0. The Labute approximate surface area is 231 Å². The number of ether oxygens (including phenoxy) is 1. The van der Waals surface area contributed by atoms with E-state index in [0.717, 1.165) is 58.8 Å². The number of carbonyl (C=O) groups is 1. The lowest BCUT2D eigenvalue weighted by Gasteiger charge is -2.25. The molecule has 1 aromatic carbocycles. The minimum atomic E-state index is -0.159. The molecule has 3 heterocycles. The highest BCUT2D eigenvalue weighted by Crippen LogP contribution is 2.27. The van der Waals surface area contributed by atoms with Gasteiger partial charge in [0.1, 0.15) is 5.49 Å². The van der Waals surface area contributed by atoms with Crippen LogP contribution in [0.1, 0.15) is 32.3 Å². The second-order valence-electron chi connectivity index (χ2n) is 9.24. The van der Waals surface area contributed by atoms with E-state index in [0.29, 0.717) is 13.2 Å². The molecule has 200 valence electrons. The molecule has 0 amide bonds. The largest absolute Gasteiger partial charge is 0.465 e. The highest BCUT2D eigenvalue weighted by molar-refractivity contribution is 7.27. The number of anilines is 1. The topological polar surface area (TPSA) is 63.0 Å². The summed E-state index contributed by atoms with van der Waals surface area (Å²) in [6.07, 6.45) is 8.11. The monoisotopic (exact) mass is 549 g/mol. The van der Waals surface area contributed by atoms with E-state index in [1.807, 2.05) is 25.9 Å². The smallest absolute Gasteiger partial charge is 0.320 e. The molecule has 1 aliphatic heterocycles. The Morgan fingerprint density at radius 1 is 1.21 bits per heavy atom. The molecule has 7 nitrogen and oxygen atoms in total. The van der Waals surface area contributed by atoms with Crippen LogP contribution in [0.15, 0.2) is 70.9 Å². The maximum Gasteiger partial charge on any atom is 0.320 e. The number of thiazole rings is 1. The summed E-state index contributed by atoms with van der Waals surface area (Å²) in [6, 6.07) is 12.5. The van der Waals surface area contributed by atoms with Gasteiger partial charge in [-0.2, -0.15) is 0 Å². The van der Waals surface area contributed by atoms with Crippen LogP contribution in [0.2, 0.25) is 0 Å². The first kappa shape index (κ1) is 28.0. The van der Waals surface area contributed by atoms with E-state index < -0.39 is 0 Å². The molecule has 0 N–H and O–H groups in total. The molecule has 38 heavy (non-hydrogen) atoms. The molecule has 3 aromatic rings. The van der Waals surface area contributed by atoms with Crippen LogP contribution in [-0.4, -0.2) is 53.7 Å². The molecule has 1 atom stereocenters. The van der Waals surface area contributed by atoms with Crippen molar-refractivity contribution in [2.75, 3.05) is 38.2 Å². The van der Waals surface area contributed by atoms with Crippen molar-refractivity contribution in [3.8, 4) is 11.3 Å². The molecule has 0 radical (unpaired) electrons. The van der Waals surface area contributed by atoms with Crippen molar-refractivity contribution in [3.05, 3.63) is 77.0 Å². The first-order valence-electron chi connectivity index (χ1n) is 12.9. The van der Waals surface area contributed by atoms with E-state index in [4.69, 9.17) is 14.7 Å². The summed E-state index contributed by atoms with van der Waals surface area (Å²) in [5.41, 5.74) is 6.45. The minimum absolute atomic E-state index is 0.159. The summed E-state index contributed by atoms with van der Waals surface area (Å²) in [7, 11) is 6.76. The van der Waals surface area contributed by atoms with Gasteiger partial charge < -0.3 is 14.2 Å². The third-order valence-corrected chi connectivity index (χ3v) is 7.71. The van der Waals surface area contributed by atoms with E-state index in [9.17, 15) is 4.79 Å². The van der Waals surface area contributed by atoms with Gasteiger partial charge in [0.25, 0.3) is 0 Å². The Kier molecular flexibility index (Phi) is 9.67. The van der Waals surface area contributed by atoms with E-state index in [-0.39, 0.29) is 5.97 Å². The molecule has 0 saturated heterocycles. The second-order valence-corrected chi connectivity index (χ2v) is 10.7. The summed E-state index contributed by atoms with van der Waals surface area (Å²) in [5.74, 6) is -0.159. The molecule has 9 heteroatoms.